The van der Waals surface area contributed by atoms with Gasteiger partial charge in [0.2, 0.25) is 5.91 Å². The lowest BCUT2D eigenvalue weighted by Crippen LogP contribution is -2.49. The van der Waals surface area contributed by atoms with E-state index in [-0.39, 0.29) is 17.5 Å². The maximum atomic E-state index is 14.9. The molecular formula is C37H32N2O5. The van der Waals surface area contributed by atoms with E-state index in [1.54, 1.807) is 55.6 Å². The number of fused-ring (bicyclic) bond motifs is 6. The molecule has 0 unspecified atom stereocenters. The van der Waals surface area contributed by atoms with Gasteiger partial charge in [0.1, 0.15) is 23.0 Å². The molecule has 7 rings (SSSR count). The third-order valence-electron chi connectivity index (χ3n) is 9.11. The molecule has 4 aromatic rings. The summed E-state index contributed by atoms with van der Waals surface area (Å²) in [6, 6.07) is 27.8. The molecule has 7 nitrogen and oxygen atoms in total. The highest BCUT2D eigenvalue weighted by atomic mass is 16.5. The predicted molar refractivity (Wildman–Crippen MR) is 168 cm³/mol. The first-order valence-electron chi connectivity index (χ1n) is 14.9. The molecule has 0 aromatic heterocycles. The van der Waals surface area contributed by atoms with Gasteiger partial charge in [-0.3, -0.25) is 14.4 Å². The molecule has 3 aliphatic heterocycles. The fourth-order valence-corrected chi connectivity index (χ4v) is 7.21. The number of Topliss-reactive ketones (excluding diaryl/α,β-unsaturated/α-hetero) is 2. The van der Waals surface area contributed by atoms with Gasteiger partial charge in [-0.15, -0.1) is 0 Å². The van der Waals surface area contributed by atoms with Gasteiger partial charge in [0.25, 0.3) is 0 Å². The van der Waals surface area contributed by atoms with Crippen LogP contribution in [0.2, 0.25) is 0 Å². The Hall–Kier alpha value is -5.17. The lowest BCUT2D eigenvalue weighted by Gasteiger charge is -2.38. The van der Waals surface area contributed by atoms with E-state index in [1.165, 1.54) is 0 Å². The first kappa shape index (κ1) is 27.7. The molecule has 3 aliphatic rings. The summed E-state index contributed by atoms with van der Waals surface area (Å²) in [6.07, 6.45) is 4.70. The van der Waals surface area contributed by atoms with E-state index in [9.17, 15) is 14.4 Å². The number of benzene rings is 4. The van der Waals surface area contributed by atoms with Crippen LogP contribution in [0.5, 0.6) is 11.5 Å². The Balaban J connectivity index is 1.46. The first-order valence-corrected chi connectivity index (χ1v) is 14.9. The molecule has 1 saturated heterocycles. The van der Waals surface area contributed by atoms with Crippen molar-refractivity contribution < 1.29 is 23.9 Å². The molecule has 1 fully saturated rings. The molecule has 220 valence electrons. The second kappa shape index (κ2) is 10.8. The van der Waals surface area contributed by atoms with Gasteiger partial charge in [-0.2, -0.15) is 0 Å². The summed E-state index contributed by atoms with van der Waals surface area (Å²) in [5.41, 5.74) is 2.70. The van der Waals surface area contributed by atoms with Crippen LogP contribution < -0.4 is 14.8 Å². The topological polar surface area (TPSA) is 84.9 Å². The smallest absolute Gasteiger partial charge is 0.238 e. The number of rotatable bonds is 8. The highest BCUT2D eigenvalue weighted by Gasteiger charge is 2.70. The van der Waals surface area contributed by atoms with Crippen molar-refractivity contribution in [2.75, 3.05) is 19.0 Å². The minimum atomic E-state index is -1.38. The zero-order valence-corrected chi connectivity index (χ0v) is 24.5. The maximum Gasteiger partial charge on any atom is 0.238 e. The Morgan fingerprint density at radius 1 is 0.841 bits per heavy atom. The van der Waals surface area contributed by atoms with Gasteiger partial charge in [0.05, 0.1) is 25.7 Å². The van der Waals surface area contributed by atoms with Gasteiger partial charge in [-0.1, -0.05) is 49.4 Å². The Morgan fingerprint density at radius 2 is 1.50 bits per heavy atom. The number of carbonyl (C=O) groups is 3. The van der Waals surface area contributed by atoms with Crippen LogP contribution in [-0.2, 0) is 10.2 Å². The quantitative estimate of drug-likeness (QED) is 0.239. The minimum Gasteiger partial charge on any atom is -0.497 e. The van der Waals surface area contributed by atoms with Gasteiger partial charge in [0, 0.05) is 23.0 Å². The highest BCUT2D eigenvalue weighted by molar-refractivity contribution is 6.16. The van der Waals surface area contributed by atoms with Gasteiger partial charge >= 0.3 is 0 Å². The van der Waals surface area contributed by atoms with E-state index in [0.29, 0.717) is 34.9 Å². The van der Waals surface area contributed by atoms with Gasteiger partial charge in [0.15, 0.2) is 11.6 Å². The van der Waals surface area contributed by atoms with E-state index in [0.717, 1.165) is 23.1 Å². The molecule has 0 radical (unpaired) electrons. The molecule has 4 aromatic carbocycles. The van der Waals surface area contributed by atoms with Crippen LogP contribution in [-0.4, -0.2) is 42.1 Å². The monoisotopic (exact) mass is 584 g/mol. The number of anilines is 1. The van der Waals surface area contributed by atoms with Crippen molar-refractivity contribution in [3.8, 4) is 11.5 Å². The predicted octanol–water partition coefficient (Wildman–Crippen LogP) is 6.47. The Kier molecular flexibility index (Phi) is 6.81. The maximum absolute atomic E-state index is 14.9. The van der Waals surface area contributed by atoms with Crippen molar-refractivity contribution in [3.05, 3.63) is 131 Å². The molecule has 4 atom stereocenters. The minimum absolute atomic E-state index is 0.239. The summed E-state index contributed by atoms with van der Waals surface area (Å²) in [5, 5.41) is 3.09. The van der Waals surface area contributed by atoms with E-state index >= 15 is 0 Å². The molecule has 44 heavy (non-hydrogen) atoms. The average molecular weight is 585 g/mol. The molecule has 0 saturated carbocycles. The molecule has 3 heterocycles. The lowest BCUT2D eigenvalue weighted by molar-refractivity contribution is -0.122. The molecule has 1 N–H and O–H groups in total. The Morgan fingerprint density at radius 3 is 2.23 bits per heavy atom. The van der Waals surface area contributed by atoms with Crippen LogP contribution in [0.3, 0.4) is 0 Å². The number of carbonyl (C=O) groups excluding carboxylic acids is 3. The molecule has 7 heteroatoms. The number of hydrogen-bond acceptors (Lipinski definition) is 6. The van der Waals surface area contributed by atoms with Crippen molar-refractivity contribution >= 4 is 29.2 Å². The zero-order chi connectivity index (χ0) is 30.4. The summed E-state index contributed by atoms with van der Waals surface area (Å²) in [4.78, 5) is 46.1. The largest absolute Gasteiger partial charge is 0.497 e. The van der Waals surface area contributed by atoms with E-state index in [4.69, 9.17) is 9.47 Å². The Bertz CT molecular complexity index is 1800. The molecule has 1 amide bonds. The SMILES string of the molecule is CCCOc1ccc(C(=O)[C@@H]2[C@H](C(=O)c3ccc(OC)cc3)N3C=Cc4ccccc4[C@H]3[C@]23C(=O)Nc2ccccc23)cc1. The lowest BCUT2D eigenvalue weighted by atomic mass is 9.62. The van der Waals surface area contributed by atoms with Crippen LogP contribution in [0.15, 0.2) is 103 Å². The number of amides is 1. The highest BCUT2D eigenvalue weighted by Crippen LogP contribution is 2.62. The fraction of sp³-hybridized carbons (Fsp3) is 0.216. The van der Waals surface area contributed by atoms with Crippen LogP contribution in [0.4, 0.5) is 5.69 Å². The van der Waals surface area contributed by atoms with Crippen LogP contribution >= 0.6 is 0 Å². The number of nitrogens with one attached hydrogen (secondary N) is 1. The molecule has 0 aliphatic carbocycles. The van der Waals surface area contributed by atoms with Gasteiger partial charge in [-0.05, 0) is 83.8 Å². The summed E-state index contributed by atoms with van der Waals surface area (Å²) >= 11 is 0. The molecular weight excluding hydrogens is 552 g/mol. The number of para-hydroxylation sites is 1. The second-order valence-corrected chi connectivity index (χ2v) is 11.4. The van der Waals surface area contributed by atoms with Crippen LogP contribution in [0.1, 0.15) is 56.8 Å². The third kappa shape index (κ3) is 4.07. The Labute approximate surface area is 256 Å². The number of ketones is 2. The second-order valence-electron chi connectivity index (χ2n) is 11.4. The fourth-order valence-electron chi connectivity index (χ4n) is 7.21. The molecule has 1 spiro atoms. The average Bonchev–Trinajstić information content (AvgIpc) is 3.55. The van der Waals surface area contributed by atoms with Crippen molar-refractivity contribution in [1.29, 1.82) is 0 Å². The van der Waals surface area contributed by atoms with E-state index in [1.807, 2.05) is 72.6 Å². The number of hydrogen-bond donors (Lipinski definition) is 1. The number of ether oxygens (including phenoxy) is 2. The van der Waals surface area contributed by atoms with Crippen molar-refractivity contribution in [2.45, 2.75) is 30.8 Å². The van der Waals surface area contributed by atoms with Gasteiger partial charge < -0.3 is 19.7 Å². The van der Waals surface area contributed by atoms with Gasteiger partial charge in [-0.25, -0.2) is 0 Å². The first-order chi connectivity index (χ1) is 21.5. The summed E-state index contributed by atoms with van der Waals surface area (Å²) in [6.45, 7) is 2.60. The zero-order valence-electron chi connectivity index (χ0n) is 24.5. The van der Waals surface area contributed by atoms with E-state index < -0.39 is 23.4 Å². The summed E-state index contributed by atoms with van der Waals surface area (Å²) < 4.78 is 11.1. The normalized spacial score (nSPS) is 22.6. The summed E-state index contributed by atoms with van der Waals surface area (Å²) in [5.74, 6) is -0.554. The van der Waals surface area contributed by atoms with Crippen molar-refractivity contribution in [2.24, 2.45) is 5.92 Å². The van der Waals surface area contributed by atoms with Crippen LogP contribution in [0, 0.1) is 5.92 Å². The number of nitrogens with zero attached hydrogens (tertiary/aromatic N) is 1. The third-order valence-corrected chi connectivity index (χ3v) is 9.11. The van der Waals surface area contributed by atoms with Crippen molar-refractivity contribution in [1.82, 2.24) is 4.90 Å². The van der Waals surface area contributed by atoms with E-state index in [2.05, 4.69) is 5.32 Å². The van der Waals surface area contributed by atoms with Crippen molar-refractivity contribution in [3.63, 3.8) is 0 Å². The molecule has 0 bridgehead atoms. The standard InChI is InChI=1S/C37H32N2O5/c1-3-22-44-27-18-14-24(15-19-27)33(40)31-32(34(41)25-12-16-26(43-2)17-13-25)39-21-20-23-8-4-5-9-28(23)35(39)37(31)29-10-6-7-11-30(29)38-36(37)42/h4-21,31-32,35H,3,22H2,1-2H3,(H,38,42)/t31-,32+,35-,37+/m0/s1. The summed E-state index contributed by atoms with van der Waals surface area (Å²) in [7, 11) is 1.57. The van der Waals surface area contributed by atoms with Crippen LogP contribution in [0.25, 0.3) is 6.08 Å². The number of methoxy groups -OCH3 is 1.